The quantitative estimate of drug-likeness (QED) is 0.789. The van der Waals surface area contributed by atoms with Gasteiger partial charge in [-0.1, -0.05) is 26.7 Å². The summed E-state index contributed by atoms with van der Waals surface area (Å²) in [4.78, 5) is 15.2. The normalized spacial score (nSPS) is 23.6. The molecule has 4 heteroatoms. The van der Waals surface area contributed by atoms with Gasteiger partial charge in [-0.3, -0.25) is 4.79 Å². The van der Waals surface area contributed by atoms with Crippen molar-refractivity contribution in [2.24, 2.45) is 17.1 Å². The molecule has 0 aromatic carbocycles. The molecule has 21 heavy (non-hydrogen) atoms. The zero-order valence-corrected chi connectivity index (χ0v) is 13.9. The Kier molecular flexibility index (Phi) is 6.06. The van der Waals surface area contributed by atoms with E-state index in [9.17, 15) is 4.79 Å². The average Bonchev–Trinajstić information content (AvgIpc) is 2.90. The van der Waals surface area contributed by atoms with E-state index >= 15 is 0 Å². The molecule has 0 spiro atoms. The fourth-order valence-corrected chi connectivity index (χ4v) is 4.18. The fourth-order valence-electron chi connectivity index (χ4n) is 4.18. The van der Waals surface area contributed by atoms with Gasteiger partial charge in [0.15, 0.2) is 0 Å². The van der Waals surface area contributed by atoms with Gasteiger partial charge in [0.1, 0.15) is 0 Å². The van der Waals surface area contributed by atoms with Crippen molar-refractivity contribution < 1.29 is 4.79 Å². The average molecular weight is 295 g/mol. The lowest BCUT2D eigenvalue weighted by Gasteiger charge is -2.35. The molecule has 2 rings (SSSR count). The van der Waals surface area contributed by atoms with E-state index in [1.54, 1.807) is 0 Å². The number of nitrogens with zero attached hydrogens (tertiary/aromatic N) is 1. The third kappa shape index (κ3) is 4.43. The van der Waals surface area contributed by atoms with Crippen LogP contribution in [-0.4, -0.2) is 43.0 Å². The van der Waals surface area contributed by atoms with Gasteiger partial charge in [0.2, 0.25) is 5.91 Å². The van der Waals surface area contributed by atoms with E-state index in [4.69, 9.17) is 5.73 Å². The molecule has 0 aromatic rings. The van der Waals surface area contributed by atoms with Crippen LogP contribution in [0, 0.1) is 11.3 Å². The van der Waals surface area contributed by atoms with Gasteiger partial charge in [-0.2, -0.15) is 0 Å². The van der Waals surface area contributed by atoms with Crippen LogP contribution in [0.4, 0.5) is 0 Å². The number of likely N-dealkylation sites (tertiary alicyclic amines) is 1. The summed E-state index contributed by atoms with van der Waals surface area (Å²) < 4.78 is 0. The van der Waals surface area contributed by atoms with E-state index in [0.29, 0.717) is 17.9 Å². The largest absolute Gasteiger partial charge is 0.353 e. The highest BCUT2D eigenvalue weighted by atomic mass is 16.2. The Morgan fingerprint density at radius 2 is 1.90 bits per heavy atom. The van der Waals surface area contributed by atoms with Gasteiger partial charge < -0.3 is 16.0 Å². The van der Waals surface area contributed by atoms with Gasteiger partial charge in [-0.25, -0.2) is 0 Å². The van der Waals surface area contributed by atoms with Gasteiger partial charge in [0, 0.05) is 37.6 Å². The maximum atomic E-state index is 12.8. The maximum absolute atomic E-state index is 12.8. The summed E-state index contributed by atoms with van der Waals surface area (Å²) in [6, 6.07) is 0.371. The molecule has 0 atom stereocenters. The van der Waals surface area contributed by atoms with Crippen molar-refractivity contribution in [1.29, 1.82) is 0 Å². The predicted octanol–water partition coefficient (Wildman–Crippen LogP) is 2.13. The number of nitrogens with two attached hydrogens (primary N) is 1. The first-order chi connectivity index (χ1) is 10.1. The predicted molar refractivity (Wildman–Crippen MR) is 87.0 cm³/mol. The van der Waals surface area contributed by atoms with E-state index in [2.05, 4.69) is 24.1 Å². The monoisotopic (exact) mass is 295 g/mol. The van der Waals surface area contributed by atoms with Gasteiger partial charge >= 0.3 is 0 Å². The molecule has 2 aliphatic rings. The first-order valence-corrected chi connectivity index (χ1v) is 8.79. The molecule has 1 saturated heterocycles. The Bertz CT molecular complexity index is 329. The minimum Gasteiger partial charge on any atom is -0.353 e. The van der Waals surface area contributed by atoms with Crippen LogP contribution in [0.1, 0.15) is 58.8 Å². The highest BCUT2D eigenvalue weighted by molar-refractivity contribution is 5.83. The molecule has 0 bridgehead atoms. The molecule has 122 valence electrons. The summed E-state index contributed by atoms with van der Waals surface area (Å²) in [5.41, 5.74) is 5.54. The summed E-state index contributed by atoms with van der Waals surface area (Å²) in [6.07, 6.45) is 7.80. The van der Waals surface area contributed by atoms with Crippen LogP contribution in [-0.2, 0) is 4.79 Å². The standard InChI is InChI=1S/C17H33N3O/c1-14(2)13-17(7-3-4-8-17)16(21)19-15-5-10-20(11-6-15)12-9-18/h14-15H,3-13,18H2,1-2H3,(H,19,21). The number of amides is 1. The first kappa shape index (κ1) is 16.8. The van der Waals surface area contributed by atoms with Crippen LogP contribution in [0.25, 0.3) is 0 Å². The number of rotatable bonds is 6. The van der Waals surface area contributed by atoms with Crippen molar-refractivity contribution in [3.63, 3.8) is 0 Å². The van der Waals surface area contributed by atoms with Crippen molar-refractivity contribution in [2.45, 2.75) is 64.8 Å². The van der Waals surface area contributed by atoms with Gasteiger partial charge in [0.05, 0.1) is 0 Å². The Morgan fingerprint density at radius 3 is 2.43 bits per heavy atom. The third-order valence-electron chi connectivity index (χ3n) is 5.21. The molecule has 2 fully saturated rings. The number of carbonyl (C=O) groups excluding carboxylic acids is 1. The molecule has 0 radical (unpaired) electrons. The zero-order chi connectivity index (χ0) is 15.3. The number of hydrogen-bond donors (Lipinski definition) is 2. The van der Waals surface area contributed by atoms with Crippen LogP contribution in [0.15, 0.2) is 0 Å². The molecule has 0 unspecified atom stereocenters. The number of carbonyl (C=O) groups is 1. The van der Waals surface area contributed by atoms with Crippen molar-refractivity contribution in [1.82, 2.24) is 10.2 Å². The molecule has 1 aliphatic carbocycles. The van der Waals surface area contributed by atoms with Crippen molar-refractivity contribution >= 4 is 5.91 Å². The second-order valence-corrected chi connectivity index (χ2v) is 7.46. The highest BCUT2D eigenvalue weighted by Crippen LogP contribution is 2.43. The second kappa shape index (κ2) is 7.59. The van der Waals surface area contributed by atoms with E-state index in [1.807, 2.05) is 0 Å². The van der Waals surface area contributed by atoms with E-state index in [0.717, 1.165) is 58.3 Å². The molecule has 1 heterocycles. The highest BCUT2D eigenvalue weighted by Gasteiger charge is 2.42. The van der Waals surface area contributed by atoms with Crippen LogP contribution < -0.4 is 11.1 Å². The third-order valence-corrected chi connectivity index (χ3v) is 5.21. The van der Waals surface area contributed by atoms with E-state index < -0.39 is 0 Å². The van der Waals surface area contributed by atoms with Crippen molar-refractivity contribution in [3.8, 4) is 0 Å². The SMILES string of the molecule is CC(C)CC1(C(=O)NC2CCN(CCN)CC2)CCCC1. The summed E-state index contributed by atoms with van der Waals surface area (Å²) in [6.45, 7) is 8.32. The molecular weight excluding hydrogens is 262 g/mol. The minimum absolute atomic E-state index is 0.0669. The van der Waals surface area contributed by atoms with Crippen molar-refractivity contribution in [3.05, 3.63) is 0 Å². The van der Waals surface area contributed by atoms with Gasteiger partial charge in [-0.05, 0) is 38.0 Å². The van der Waals surface area contributed by atoms with Gasteiger partial charge in [-0.15, -0.1) is 0 Å². The molecular formula is C17H33N3O. The molecule has 3 N–H and O–H groups in total. The van der Waals surface area contributed by atoms with Crippen LogP contribution in [0.3, 0.4) is 0 Å². The van der Waals surface area contributed by atoms with Gasteiger partial charge in [0.25, 0.3) is 0 Å². The Balaban J connectivity index is 1.85. The van der Waals surface area contributed by atoms with Crippen LogP contribution in [0.2, 0.25) is 0 Å². The lowest BCUT2D eigenvalue weighted by Crippen LogP contribution is -2.50. The summed E-state index contributed by atoms with van der Waals surface area (Å²) in [5.74, 6) is 0.936. The van der Waals surface area contributed by atoms with E-state index in [-0.39, 0.29) is 5.41 Å². The Hall–Kier alpha value is -0.610. The van der Waals surface area contributed by atoms with Crippen molar-refractivity contribution in [2.75, 3.05) is 26.2 Å². The van der Waals surface area contributed by atoms with E-state index in [1.165, 1.54) is 12.8 Å². The Morgan fingerprint density at radius 1 is 1.29 bits per heavy atom. The van der Waals surface area contributed by atoms with Crippen LogP contribution >= 0.6 is 0 Å². The second-order valence-electron chi connectivity index (χ2n) is 7.46. The summed E-state index contributed by atoms with van der Waals surface area (Å²) in [5, 5.41) is 3.37. The lowest BCUT2D eigenvalue weighted by atomic mass is 9.77. The molecule has 1 saturated carbocycles. The topological polar surface area (TPSA) is 58.4 Å². The lowest BCUT2D eigenvalue weighted by molar-refractivity contribution is -0.132. The smallest absolute Gasteiger partial charge is 0.226 e. The first-order valence-electron chi connectivity index (χ1n) is 8.79. The molecule has 4 nitrogen and oxygen atoms in total. The Labute approximate surface area is 129 Å². The number of nitrogens with one attached hydrogen (secondary N) is 1. The molecule has 0 aromatic heterocycles. The number of hydrogen-bond acceptors (Lipinski definition) is 3. The summed E-state index contributed by atoms with van der Waals surface area (Å²) >= 11 is 0. The minimum atomic E-state index is -0.0669. The summed E-state index contributed by atoms with van der Waals surface area (Å²) in [7, 11) is 0. The maximum Gasteiger partial charge on any atom is 0.226 e. The van der Waals surface area contributed by atoms with Crippen LogP contribution in [0.5, 0.6) is 0 Å². The molecule has 1 amide bonds. The number of piperidine rings is 1. The zero-order valence-electron chi connectivity index (χ0n) is 13.9. The molecule has 1 aliphatic heterocycles. The fraction of sp³-hybridized carbons (Fsp3) is 0.941.